The van der Waals surface area contributed by atoms with E-state index in [4.69, 9.17) is 4.52 Å². The van der Waals surface area contributed by atoms with Gasteiger partial charge in [0.2, 0.25) is 11.8 Å². The molecule has 0 radical (unpaired) electrons. The molecule has 2 aromatic rings. The van der Waals surface area contributed by atoms with E-state index in [0.29, 0.717) is 5.69 Å². The molecule has 0 spiro atoms. The van der Waals surface area contributed by atoms with Gasteiger partial charge in [-0.15, -0.1) is 0 Å². The Kier molecular flexibility index (Phi) is 2.94. The summed E-state index contributed by atoms with van der Waals surface area (Å²) in [5.41, 5.74) is 0.294. The lowest BCUT2D eigenvalue weighted by Crippen LogP contribution is -2.15. The number of hydrogen-bond acceptors (Lipinski definition) is 5. The summed E-state index contributed by atoms with van der Waals surface area (Å²) < 4.78 is 4.96. The highest BCUT2D eigenvalue weighted by molar-refractivity contribution is 6.03. The van der Waals surface area contributed by atoms with Gasteiger partial charge in [0.25, 0.3) is 0 Å². The second kappa shape index (κ2) is 4.76. The van der Waals surface area contributed by atoms with Crippen molar-refractivity contribution in [2.45, 2.75) is 12.8 Å². The minimum Gasteiger partial charge on any atom is -0.477 e. The first-order valence-corrected chi connectivity index (χ1v) is 6.12. The molecule has 3 rings (SSSR count). The summed E-state index contributed by atoms with van der Waals surface area (Å²) in [6, 6.07) is 5.04. The van der Waals surface area contributed by atoms with Crippen LogP contribution in [0.4, 0.5) is 5.88 Å². The number of carbonyl (C=O) groups is 2. The summed E-state index contributed by atoms with van der Waals surface area (Å²) in [6.45, 7) is 0. The van der Waals surface area contributed by atoms with E-state index >= 15 is 0 Å². The fraction of sp³-hybridized carbons (Fsp3) is 0.231. The molecule has 0 atom stereocenters. The Morgan fingerprint density at radius 2 is 2.15 bits per heavy atom. The van der Waals surface area contributed by atoms with Crippen molar-refractivity contribution in [3.05, 3.63) is 30.0 Å². The topological polar surface area (TPSA) is 105 Å². The quantitative estimate of drug-likeness (QED) is 0.879. The molecule has 0 aromatic carbocycles. The number of pyridine rings is 1. The van der Waals surface area contributed by atoms with Gasteiger partial charge >= 0.3 is 5.97 Å². The summed E-state index contributed by atoms with van der Waals surface area (Å²) in [5.74, 6) is -1.66. The predicted octanol–water partition coefficient (Wildman–Crippen LogP) is 1.78. The predicted molar refractivity (Wildman–Crippen MR) is 68.0 cm³/mol. The lowest BCUT2D eigenvalue weighted by atomic mass is 10.1. The summed E-state index contributed by atoms with van der Waals surface area (Å²) in [4.78, 5) is 27.1. The lowest BCUT2D eigenvalue weighted by molar-refractivity contribution is -0.117. The number of carboxylic acid groups (broad SMARTS) is 1. The average Bonchev–Trinajstić information content (AvgIpc) is 3.21. The number of amides is 1. The van der Waals surface area contributed by atoms with Crippen LogP contribution in [0.1, 0.15) is 23.2 Å². The number of carbonyl (C=O) groups excluding carboxylic acids is 1. The molecule has 0 aliphatic heterocycles. The van der Waals surface area contributed by atoms with Gasteiger partial charge in [-0.1, -0.05) is 11.2 Å². The van der Waals surface area contributed by atoms with Gasteiger partial charge in [0, 0.05) is 12.1 Å². The molecule has 0 saturated heterocycles. The smallest absolute Gasteiger partial charge is 0.343 e. The first-order valence-electron chi connectivity index (χ1n) is 6.12. The minimum atomic E-state index is -1.22. The molecule has 1 aliphatic carbocycles. The summed E-state index contributed by atoms with van der Waals surface area (Å²) in [5, 5.41) is 15.5. The highest BCUT2D eigenvalue weighted by Crippen LogP contribution is 2.32. The molecule has 2 heterocycles. The summed E-state index contributed by atoms with van der Waals surface area (Å²) in [6.07, 6.45) is 3.16. The molecule has 1 saturated carbocycles. The Morgan fingerprint density at radius 3 is 2.75 bits per heavy atom. The van der Waals surface area contributed by atoms with Crippen LogP contribution in [0.2, 0.25) is 0 Å². The molecule has 0 unspecified atom stereocenters. The monoisotopic (exact) mass is 273 g/mol. The molecule has 20 heavy (non-hydrogen) atoms. The van der Waals surface area contributed by atoms with Gasteiger partial charge in [-0.25, -0.2) is 4.79 Å². The van der Waals surface area contributed by atoms with E-state index in [-0.39, 0.29) is 29.0 Å². The van der Waals surface area contributed by atoms with E-state index in [9.17, 15) is 14.7 Å². The third-order valence-corrected chi connectivity index (χ3v) is 3.00. The first kappa shape index (κ1) is 12.3. The molecule has 7 nitrogen and oxygen atoms in total. The molecular weight excluding hydrogens is 262 g/mol. The van der Waals surface area contributed by atoms with Crippen molar-refractivity contribution in [2.75, 3.05) is 5.32 Å². The normalized spacial score (nSPS) is 14.0. The molecule has 1 aliphatic rings. The van der Waals surface area contributed by atoms with Crippen molar-refractivity contribution < 1.29 is 19.2 Å². The van der Waals surface area contributed by atoms with Crippen molar-refractivity contribution in [3.63, 3.8) is 0 Å². The Hall–Kier alpha value is -2.70. The van der Waals surface area contributed by atoms with Crippen molar-refractivity contribution in [1.82, 2.24) is 10.1 Å². The van der Waals surface area contributed by atoms with Crippen LogP contribution in [0, 0.1) is 5.92 Å². The highest BCUT2D eigenvalue weighted by atomic mass is 16.5. The van der Waals surface area contributed by atoms with Crippen LogP contribution in [0.3, 0.4) is 0 Å². The van der Waals surface area contributed by atoms with Crippen LogP contribution >= 0.6 is 0 Å². The van der Waals surface area contributed by atoms with Crippen LogP contribution in [-0.2, 0) is 4.79 Å². The zero-order valence-electron chi connectivity index (χ0n) is 10.4. The van der Waals surface area contributed by atoms with E-state index in [1.807, 2.05) is 0 Å². The molecule has 0 bridgehead atoms. The van der Waals surface area contributed by atoms with E-state index in [0.717, 1.165) is 12.8 Å². The van der Waals surface area contributed by atoms with Crippen molar-refractivity contribution in [2.24, 2.45) is 5.92 Å². The number of carboxylic acids is 1. The average molecular weight is 273 g/mol. The maximum atomic E-state index is 11.7. The number of aromatic carboxylic acids is 1. The van der Waals surface area contributed by atoms with Crippen LogP contribution < -0.4 is 5.32 Å². The third kappa shape index (κ3) is 2.25. The SMILES string of the molecule is O=C(O)c1c(-c2ccccn2)noc1NC(=O)C1CC1. The molecular formula is C13H11N3O4. The molecule has 1 amide bonds. The van der Waals surface area contributed by atoms with Gasteiger partial charge in [0.15, 0.2) is 5.56 Å². The Labute approximate surface area is 113 Å². The number of rotatable bonds is 4. The zero-order valence-corrected chi connectivity index (χ0v) is 10.4. The van der Waals surface area contributed by atoms with E-state index in [1.54, 1.807) is 18.2 Å². The molecule has 2 N–H and O–H groups in total. The van der Waals surface area contributed by atoms with Crippen LogP contribution in [0.15, 0.2) is 28.9 Å². The number of aromatic nitrogens is 2. The molecule has 7 heteroatoms. The molecule has 1 fully saturated rings. The van der Waals surface area contributed by atoms with Crippen LogP contribution in [-0.4, -0.2) is 27.1 Å². The van der Waals surface area contributed by atoms with E-state index in [2.05, 4.69) is 15.5 Å². The second-order valence-electron chi connectivity index (χ2n) is 4.52. The van der Waals surface area contributed by atoms with Crippen LogP contribution in [0.5, 0.6) is 0 Å². The fourth-order valence-corrected chi connectivity index (χ4v) is 1.81. The third-order valence-electron chi connectivity index (χ3n) is 3.00. The Bertz CT molecular complexity index is 662. The van der Waals surface area contributed by atoms with Gasteiger partial charge in [-0.2, -0.15) is 0 Å². The number of anilines is 1. The maximum Gasteiger partial charge on any atom is 0.343 e. The van der Waals surface area contributed by atoms with Crippen molar-refractivity contribution >= 4 is 17.8 Å². The van der Waals surface area contributed by atoms with Crippen molar-refractivity contribution in [3.8, 4) is 11.4 Å². The first-order chi connectivity index (χ1) is 9.66. The van der Waals surface area contributed by atoms with Crippen LogP contribution in [0.25, 0.3) is 11.4 Å². The minimum absolute atomic E-state index is 0.0555. The highest BCUT2D eigenvalue weighted by Gasteiger charge is 2.33. The van der Waals surface area contributed by atoms with Gasteiger partial charge in [0.05, 0.1) is 5.69 Å². The van der Waals surface area contributed by atoms with Gasteiger partial charge in [0.1, 0.15) is 5.69 Å². The lowest BCUT2D eigenvalue weighted by Gasteiger charge is -2.01. The van der Waals surface area contributed by atoms with Gasteiger partial charge < -0.3 is 9.63 Å². The summed E-state index contributed by atoms with van der Waals surface area (Å²) in [7, 11) is 0. The largest absolute Gasteiger partial charge is 0.477 e. The molecule has 102 valence electrons. The van der Waals surface area contributed by atoms with E-state index in [1.165, 1.54) is 6.20 Å². The fourth-order valence-electron chi connectivity index (χ4n) is 1.81. The number of nitrogens with one attached hydrogen (secondary N) is 1. The second-order valence-corrected chi connectivity index (χ2v) is 4.52. The Balaban J connectivity index is 1.97. The molecule has 2 aromatic heterocycles. The standard InChI is InChI=1S/C13H11N3O4/c17-11(7-4-5-7)15-12-9(13(18)19)10(16-20-12)8-3-1-2-6-14-8/h1-3,6-7H,4-5H2,(H,15,17)(H,18,19). The summed E-state index contributed by atoms with van der Waals surface area (Å²) >= 11 is 0. The number of hydrogen-bond donors (Lipinski definition) is 2. The zero-order chi connectivity index (χ0) is 14.1. The Morgan fingerprint density at radius 1 is 1.35 bits per heavy atom. The maximum absolute atomic E-state index is 11.7. The van der Waals surface area contributed by atoms with Gasteiger partial charge in [-0.05, 0) is 25.0 Å². The van der Waals surface area contributed by atoms with Gasteiger partial charge in [-0.3, -0.25) is 15.1 Å². The van der Waals surface area contributed by atoms with Crippen molar-refractivity contribution in [1.29, 1.82) is 0 Å². The number of nitrogens with zero attached hydrogens (tertiary/aromatic N) is 2. The van der Waals surface area contributed by atoms with E-state index < -0.39 is 5.97 Å².